The van der Waals surface area contributed by atoms with Gasteiger partial charge in [-0.3, -0.25) is 14.9 Å². The number of amides is 4. The summed E-state index contributed by atoms with van der Waals surface area (Å²) in [4.78, 5) is 38.7. The molecule has 0 bridgehead atoms. The number of anilines is 1. The molecule has 1 aliphatic carbocycles. The van der Waals surface area contributed by atoms with E-state index in [0.717, 1.165) is 34.7 Å². The number of carbonyl (C=O) groups excluding carboxylic acids is 3. The highest BCUT2D eigenvalue weighted by molar-refractivity contribution is 6.39. The first-order valence-electron chi connectivity index (χ1n) is 9.14. The topological polar surface area (TPSA) is 80.6 Å². The van der Waals surface area contributed by atoms with Gasteiger partial charge in [-0.1, -0.05) is 6.07 Å². The number of barbiturate groups is 1. The minimum absolute atomic E-state index is 0.0709. The number of carbonyl (C=O) groups is 3. The highest BCUT2D eigenvalue weighted by Crippen LogP contribution is 2.38. The summed E-state index contributed by atoms with van der Waals surface area (Å²) in [5.74, 6) is -0.836. The van der Waals surface area contributed by atoms with Gasteiger partial charge < -0.3 is 9.30 Å². The van der Waals surface area contributed by atoms with Crippen LogP contribution in [0.2, 0.25) is 0 Å². The fraction of sp³-hybridized carbons (Fsp3) is 0.286. The van der Waals surface area contributed by atoms with Crippen LogP contribution in [0, 0.1) is 13.8 Å². The molecule has 0 unspecified atom stereocenters. The first-order valence-corrected chi connectivity index (χ1v) is 9.14. The van der Waals surface area contributed by atoms with Crippen molar-refractivity contribution in [2.45, 2.75) is 32.7 Å². The lowest BCUT2D eigenvalue weighted by molar-refractivity contribution is -0.122. The van der Waals surface area contributed by atoms with Crippen molar-refractivity contribution in [3.63, 3.8) is 0 Å². The van der Waals surface area contributed by atoms with E-state index < -0.39 is 17.8 Å². The number of methoxy groups -OCH3 is 1. The number of nitrogens with one attached hydrogen (secondary N) is 1. The standard InChI is InChI=1S/C21H21N3O4/c1-12-9-14(13(2)23(12)15-7-8-15)10-18-19(25)22-21(27)24(20(18)26)16-5-4-6-17(11-16)28-3/h4-6,9-11,15H,7-8H2,1-3H3,(H,22,25,27)/b18-10-. The van der Waals surface area contributed by atoms with E-state index in [1.54, 1.807) is 30.3 Å². The van der Waals surface area contributed by atoms with Crippen LogP contribution in [0.4, 0.5) is 10.5 Å². The van der Waals surface area contributed by atoms with Gasteiger partial charge in [0, 0.05) is 23.5 Å². The lowest BCUT2D eigenvalue weighted by Crippen LogP contribution is -2.54. The van der Waals surface area contributed by atoms with Crippen molar-refractivity contribution in [1.29, 1.82) is 0 Å². The molecule has 1 aliphatic heterocycles. The SMILES string of the molecule is COc1cccc(N2C(=O)NC(=O)/C(=C/c3cc(C)n(C4CC4)c3C)C2=O)c1. The Bertz CT molecular complexity index is 1030. The van der Waals surface area contributed by atoms with Crippen LogP contribution in [0.1, 0.15) is 35.8 Å². The van der Waals surface area contributed by atoms with E-state index >= 15 is 0 Å². The number of urea groups is 1. The van der Waals surface area contributed by atoms with E-state index in [2.05, 4.69) is 9.88 Å². The van der Waals surface area contributed by atoms with Crippen LogP contribution in [0.15, 0.2) is 35.9 Å². The molecule has 2 fully saturated rings. The molecule has 2 heterocycles. The van der Waals surface area contributed by atoms with E-state index in [1.165, 1.54) is 7.11 Å². The summed E-state index contributed by atoms with van der Waals surface area (Å²) in [6.45, 7) is 4.00. The molecular formula is C21H21N3O4. The number of aromatic nitrogens is 1. The van der Waals surface area contributed by atoms with Gasteiger partial charge in [0.15, 0.2) is 0 Å². The molecule has 1 aromatic heterocycles. The Morgan fingerprint density at radius 1 is 1.14 bits per heavy atom. The fourth-order valence-electron chi connectivity index (χ4n) is 3.64. The molecule has 144 valence electrons. The van der Waals surface area contributed by atoms with Crippen molar-refractivity contribution in [2.24, 2.45) is 0 Å². The Balaban J connectivity index is 1.74. The summed E-state index contributed by atoms with van der Waals surface area (Å²) in [6, 6.07) is 8.27. The van der Waals surface area contributed by atoms with Crippen LogP contribution in [0.3, 0.4) is 0 Å². The zero-order valence-corrected chi connectivity index (χ0v) is 16.0. The van der Waals surface area contributed by atoms with Crippen LogP contribution < -0.4 is 15.0 Å². The van der Waals surface area contributed by atoms with E-state index in [9.17, 15) is 14.4 Å². The van der Waals surface area contributed by atoms with Gasteiger partial charge >= 0.3 is 6.03 Å². The number of aryl methyl sites for hydroxylation is 1. The van der Waals surface area contributed by atoms with Gasteiger partial charge in [0.2, 0.25) is 0 Å². The van der Waals surface area contributed by atoms with Crippen LogP contribution >= 0.6 is 0 Å². The highest BCUT2D eigenvalue weighted by atomic mass is 16.5. The monoisotopic (exact) mass is 379 g/mol. The predicted molar refractivity (Wildman–Crippen MR) is 104 cm³/mol. The van der Waals surface area contributed by atoms with Crippen LogP contribution in [0.5, 0.6) is 5.75 Å². The van der Waals surface area contributed by atoms with E-state index in [0.29, 0.717) is 17.5 Å². The normalized spacial score (nSPS) is 18.6. The van der Waals surface area contributed by atoms with E-state index in [1.807, 2.05) is 19.9 Å². The second-order valence-corrected chi connectivity index (χ2v) is 7.09. The zero-order valence-electron chi connectivity index (χ0n) is 16.0. The number of ether oxygens (including phenoxy) is 1. The maximum Gasteiger partial charge on any atom is 0.335 e. The smallest absolute Gasteiger partial charge is 0.335 e. The maximum absolute atomic E-state index is 13.0. The summed E-state index contributed by atoms with van der Waals surface area (Å²) in [5, 5.41) is 2.25. The van der Waals surface area contributed by atoms with Crippen molar-refractivity contribution in [2.75, 3.05) is 12.0 Å². The molecule has 1 N–H and O–H groups in total. The molecule has 4 rings (SSSR count). The molecular weight excluding hydrogens is 358 g/mol. The molecule has 0 radical (unpaired) electrons. The molecule has 2 aliphatic rings. The number of rotatable bonds is 4. The Hall–Kier alpha value is -3.35. The molecule has 0 atom stereocenters. The third kappa shape index (κ3) is 2.98. The molecule has 0 spiro atoms. The van der Waals surface area contributed by atoms with E-state index in [-0.39, 0.29) is 5.57 Å². The number of hydrogen-bond donors (Lipinski definition) is 1. The van der Waals surface area contributed by atoms with Crippen LogP contribution in [-0.2, 0) is 9.59 Å². The van der Waals surface area contributed by atoms with Gasteiger partial charge in [-0.2, -0.15) is 0 Å². The Morgan fingerprint density at radius 3 is 2.57 bits per heavy atom. The molecule has 1 aromatic carbocycles. The number of benzene rings is 1. The van der Waals surface area contributed by atoms with Crippen LogP contribution in [-0.4, -0.2) is 29.5 Å². The zero-order chi connectivity index (χ0) is 20.0. The minimum atomic E-state index is -0.774. The summed E-state index contributed by atoms with van der Waals surface area (Å²) in [7, 11) is 1.50. The van der Waals surface area contributed by atoms with Gasteiger partial charge in [-0.15, -0.1) is 0 Å². The van der Waals surface area contributed by atoms with Crippen molar-refractivity contribution < 1.29 is 19.1 Å². The summed E-state index contributed by atoms with van der Waals surface area (Å²) in [6.07, 6.45) is 3.85. The number of nitrogens with zero attached hydrogens (tertiary/aromatic N) is 2. The molecule has 4 amide bonds. The summed E-state index contributed by atoms with van der Waals surface area (Å²) in [5.41, 5.74) is 3.18. The Morgan fingerprint density at radius 2 is 1.89 bits per heavy atom. The Labute approximate surface area is 162 Å². The van der Waals surface area contributed by atoms with Crippen LogP contribution in [0.25, 0.3) is 6.08 Å². The average Bonchev–Trinajstić information content (AvgIpc) is 3.44. The molecule has 28 heavy (non-hydrogen) atoms. The first kappa shape index (κ1) is 18.0. The Kier molecular flexibility index (Phi) is 4.30. The third-order valence-electron chi connectivity index (χ3n) is 5.15. The lowest BCUT2D eigenvalue weighted by Gasteiger charge is -2.26. The third-order valence-corrected chi connectivity index (χ3v) is 5.15. The van der Waals surface area contributed by atoms with Gasteiger partial charge in [-0.05, 0) is 56.5 Å². The van der Waals surface area contributed by atoms with Crippen molar-refractivity contribution >= 4 is 29.6 Å². The second kappa shape index (κ2) is 6.67. The van der Waals surface area contributed by atoms with Crippen molar-refractivity contribution in [3.05, 3.63) is 52.9 Å². The predicted octanol–water partition coefficient (Wildman–Crippen LogP) is 3.11. The lowest BCUT2D eigenvalue weighted by atomic mass is 10.1. The second-order valence-electron chi connectivity index (χ2n) is 7.09. The number of hydrogen-bond acceptors (Lipinski definition) is 4. The molecule has 7 heteroatoms. The molecule has 2 aromatic rings. The molecule has 1 saturated heterocycles. The quantitative estimate of drug-likeness (QED) is 0.654. The summed E-state index contributed by atoms with van der Waals surface area (Å²) >= 11 is 0. The fourth-order valence-corrected chi connectivity index (χ4v) is 3.64. The summed E-state index contributed by atoms with van der Waals surface area (Å²) < 4.78 is 7.40. The first-order chi connectivity index (χ1) is 13.4. The van der Waals surface area contributed by atoms with Gasteiger partial charge in [0.25, 0.3) is 11.8 Å². The van der Waals surface area contributed by atoms with Gasteiger partial charge in [0.1, 0.15) is 11.3 Å². The van der Waals surface area contributed by atoms with Crippen molar-refractivity contribution in [3.8, 4) is 5.75 Å². The van der Waals surface area contributed by atoms with Crippen molar-refractivity contribution in [1.82, 2.24) is 9.88 Å². The van der Waals surface area contributed by atoms with Gasteiger partial charge in [-0.25, -0.2) is 9.69 Å². The largest absolute Gasteiger partial charge is 0.497 e. The number of imide groups is 2. The highest BCUT2D eigenvalue weighted by Gasteiger charge is 2.37. The molecule has 1 saturated carbocycles. The van der Waals surface area contributed by atoms with Gasteiger partial charge in [0.05, 0.1) is 12.8 Å². The maximum atomic E-state index is 13.0. The molecule has 7 nitrogen and oxygen atoms in total. The minimum Gasteiger partial charge on any atom is -0.497 e. The van der Waals surface area contributed by atoms with E-state index in [4.69, 9.17) is 4.74 Å². The average molecular weight is 379 g/mol.